The molecule has 14 heavy (non-hydrogen) atoms. The SMILES string of the molecule is O=NNc1ccc2ccccc2c1O. The van der Waals surface area contributed by atoms with E-state index in [1.165, 1.54) is 0 Å². The minimum Gasteiger partial charge on any atom is -0.505 e. The second kappa shape index (κ2) is 3.33. The van der Waals surface area contributed by atoms with Crippen molar-refractivity contribution >= 4 is 16.5 Å². The van der Waals surface area contributed by atoms with Crippen molar-refractivity contribution in [3.05, 3.63) is 41.3 Å². The molecule has 0 aliphatic carbocycles. The van der Waals surface area contributed by atoms with Crippen molar-refractivity contribution < 1.29 is 5.11 Å². The van der Waals surface area contributed by atoms with Crippen LogP contribution in [-0.2, 0) is 0 Å². The normalized spacial score (nSPS) is 10.0. The number of nitroso groups, excluding NO2 is 1. The molecule has 0 saturated heterocycles. The van der Waals surface area contributed by atoms with Gasteiger partial charge in [0.25, 0.3) is 0 Å². The molecule has 0 spiro atoms. The highest BCUT2D eigenvalue weighted by molar-refractivity contribution is 5.92. The highest BCUT2D eigenvalue weighted by Gasteiger charge is 2.04. The van der Waals surface area contributed by atoms with E-state index >= 15 is 0 Å². The molecule has 4 nitrogen and oxygen atoms in total. The van der Waals surface area contributed by atoms with Crippen molar-refractivity contribution in [1.29, 1.82) is 0 Å². The predicted octanol–water partition coefficient (Wildman–Crippen LogP) is 2.64. The van der Waals surface area contributed by atoms with E-state index in [0.29, 0.717) is 11.1 Å². The molecular weight excluding hydrogens is 180 g/mol. The minimum absolute atomic E-state index is 0.0442. The molecule has 0 aliphatic heterocycles. The van der Waals surface area contributed by atoms with Crippen LogP contribution in [0.3, 0.4) is 0 Å². The molecule has 2 N–H and O–H groups in total. The number of anilines is 1. The van der Waals surface area contributed by atoms with E-state index in [9.17, 15) is 10.0 Å². The van der Waals surface area contributed by atoms with Gasteiger partial charge in [0.15, 0.2) is 0 Å². The molecule has 4 heteroatoms. The lowest BCUT2D eigenvalue weighted by Gasteiger charge is -2.04. The van der Waals surface area contributed by atoms with E-state index in [-0.39, 0.29) is 5.75 Å². The number of phenolic OH excluding ortho intramolecular Hbond substituents is 1. The summed E-state index contributed by atoms with van der Waals surface area (Å²) in [7, 11) is 0. The number of rotatable bonds is 2. The summed E-state index contributed by atoms with van der Waals surface area (Å²) in [6.45, 7) is 0. The van der Waals surface area contributed by atoms with Crippen molar-refractivity contribution in [2.24, 2.45) is 5.29 Å². The number of nitrogens with zero attached hydrogens (tertiary/aromatic N) is 1. The molecule has 0 fully saturated rings. The van der Waals surface area contributed by atoms with Gasteiger partial charge in [0.2, 0.25) is 0 Å². The van der Waals surface area contributed by atoms with Gasteiger partial charge in [-0.25, -0.2) is 5.43 Å². The second-order valence-corrected chi connectivity index (χ2v) is 2.89. The monoisotopic (exact) mass is 188 g/mol. The van der Waals surface area contributed by atoms with Gasteiger partial charge in [-0.3, -0.25) is 0 Å². The lowest BCUT2D eigenvalue weighted by molar-refractivity contribution is 0.483. The molecule has 2 aromatic rings. The quantitative estimate of drug-likeness (QED) is 0.432. The second-order valence-electron chi connectivity index (χ2n) is 2.89. The Kier molecular flexibility index (Phi) is 2.02. The van der Waals surface area contributed by atoms with E-state index in [0.717, 1.165) is 5.39 Å². The first-order chi connectivity index (χ1) is 6.83. The van der Waals surface area contributed by atoms with Crippen molar-refractivity contribution in [2.45, 2.75) is 0 Å². The maximum atomic E-state index is 9.99. The largest absolute Gasteiger partial charge is 0.505 e. The van der Waals surface area contributed by atoms with Crippen LogP contribution in [0.5, 0.6) is 5.75 Å². The third-order valence-corrected chi connectivity index (χ3v) is 2.07. The van der Waals surface area contributed by atoms with Crippen LogP contribution in [0.25, 0.3) is 10.8 Å². The average molecular weight is 188 g/mol. The van der Waals surface area contributed by atoms with E-state index in [1.807, 2.05) is 24.3 Å². The highest BCUT2D eigenvalue weighted by Crippen LogP contribution is 2.32. The molecule has 0 bridgehead atoms. The van der Waals surface area contributed by atoms with Gasteiger partial charge in [0, 0.05) is 5.39 Å². The first-order valence-electron chi connectivity index (χ1n) is 4.12. The number of phenols is 1. The molecule has 0 atom stereocenters. The van der Waals surface area contributed by atoms with Gasteiger partial charge in [-0.2, -0.15) is 0 Å². The lowest BCUT2D eigenvalue weighted by Crippen LogP contribution is -1.87. The van der Waals surface area contributed by atoms with Gasteiger partial charge in [-0.15, -0.1) is 4.91 Å². The predicted molar refractivity (Wildman–Crippen MR) is 55.0 cm³/mol. The van der Waals surface area contributed by atoms with Crippen molar-refractivity contribution in [1.82, 2.24) is 0 Å². The molecule has 0 heterocycles. The number of nitrogens with one attached hydrogen (secondary N) is 1. The van der Waals surface area contributed by atoms with Gasteiger partial charge in [0.05, 0.1) is 5.29 Å². The minimum atomic E-state index is 0.0442. The van der Waals surface area contributed by atoms with Crippen LogP contribution in [0.2, 0.25) is 0 Å². The number of fused-ring (bicyclic) bond motifs is 1. The van der Waals surface area contributed by atoms with Crippen LogP contribution in [0.15, 0.2) is 41.7 Å². The fraction of sp³-hybridized carbons (Fsp3) is 0. The fourth-order valence-corrected chi connectivity index (χ4v) is 1.39. The highest BCUT2D eigenvalue weighted by atomic mass is 16.3. The summed E-state index contributed by atoms with van der Waals surface area (Å²) in [5, 5.41) is 13.8. The van der Waals surface area contributed by atoms with Crippen LogP contribution in [0, 0.1) is 4.91 Å². The molecule has 0 amide bonds. The standard InChI is InChI=1S/C10H8N2O2/c13-10-8-4-2-1-3-7(8)5-6-9(10)11-12-14/h1-6,13H,(H,11,14). The topological polar surface area (TPSA) is 61.7 Å². The average Bonchev–Trinajstić information content (AvgIpc) is 2.23. The maximum Gasteiger partial charge on any atom is 0.148 e. The summed E-state index contributed by atoms with van der Waals surface area (Å²) < 4.78 is 0. The third kappa shape index (κ3) is 1.26. The van der Waals surface area contributed by atoms with Gasteiger partial charge in [0.1, 0.15) is 11.4 Å². The smallest absolute Gasteiger partial charge is 0.148 e. The zero-order chi connectivity index (χ0) is 9.97. The number of aromatic hydroxyl groups is 1. The van der Waals surface area contributed by atoms with Gasteiger partial charge in [-0.1, -0.05) is 30.3 Å². The molecule has 0 aliphatic rings. The van der Waals surface area contributed by atoms with E-state index < -0.39 is 0 Å². The third-order valence-electron chi connectivity index (χ3n) is 2.07. The Bertz CT molecular complexity index is 483. The number of hydrogen-bond acceptors (Lipinski definition) is 3. The maximum absolute atomic E-state index is 9.99. The zero-order valence-electron chi connectivity index (χ0n) is 7.27. The molecule has 0 unspecified atom stereocenters. The Hall–Kier alpha value is -2.10. The Morgan fingerprint density at radius 2 is 1.93 bits per heavy atom. The molecule has 70 valence electrons. The van der Waals surface area contributed by atoms with E-state index in [2.05, 4.69) is 10.7 Å². The summed E-state index contributed by atoms with van der Waals surface area (Å²) in [4.78, 5) is 9.99. The van der Waals surface area contributed by atoms with Crippen LogP contribution in [0.1, 0.15) is 0 Å². The van der Waals surface area contributed by atoms with Gasteiger partial charge < -0.3 is 5.11 Å². The summed E-state index contributed by atoms with van der Waals surface area (Å²) in [5.41, 5.74) is 2.51. The van der Waals surface area contributed by atoms with Crippen molar-refractivity contribution in [3.63, 3.8) is 0 Å². The molecular formula is C10H8N2O2. The first-order valence-corrected chi connectivity index (χ1v) is 4.12. The summed E-state index contributed by atoms with van der Waals surface area (Å²) in [6, 6.07) is 10.8. The lowest BCUT2D eigenvalue weighted by atomic mass is 10.1. The van der Waals surface area contributed by atoms with Crippen LogP contribution >= 0.6 is 0 Å². The van der Waals surface area contributed by atoms with Crippen LogP contribution in [0.4, 0.5) is 5.69 Å². The Balaban J connectivity index is 2.68. The van der Waals surface area contributed by atoms with Gasteiger partial charge >= 0.3 is 0 Å². The molecule has 0 saturated carbocycles. The Labute approximate surface area is 80.1 Å². The van der Waals surface area contributed by atoms with Crippen molar-refractivity contribution in [2.75, 3.05) is 5.43 Å². The summed E-state index contributed by atoms with van der Waals surface area (Å²) >= 11 is 0. The summed E-state index contributed by atoms with van der Waals surface area (Å²) in [5.74, 6) is 0.0442. The molecule has 2 rings (SSSR count). The Morgan fingerprint density at radius 3 is 2.71 bits per heavy atom. The summed E-state index contributed by atoms with van der Waals surface area (Å²) in [6.07, 6.45) is 0. The van der Waals surface area contributed by atoms with Crippen LogP contribution in [-0.4, -0.2) is 5.11 Å². The molecule has 2 aromatic carbocycles. The fourth-order valence-electron chi connectivity index (χ4n) is 1.39. The number of hydrogen-bond donors (Lipinski definition) is 2. The van der Waals surface area contributed by atoms with Gasteiger partial charge in [-0.05, 0) is 11.5 Å². The molecule has 0 aromatic heterocycles. The Morgan fingerprint density at radius 1 is 1.14 bits per heavy atom. The first kappa shape index (κ1) is 8.50. The van der Waals surface area contributed by atoms with Crippen LogP contribution < -0.4 is 5.43 Å². The zero-order valence-corrected chi connectivity index (χ0v) is 7.27. The van der Waals surface area contributed by atoms with Crippen molar-refractivity contribution in [3.8, 4) is 5.75 Å². The number of benzene rings is 2. The van der Waals surface area contributed by atoms with E-state index in [1.54, 1.807) is 12.1 Å². The van der Waals surface area contributed by atoms with E-state index in [4.69, 9.17) is 0 Å². The molecule has 0 radical (unpaired) electrons.